The molecular formula is C16H19N3O5. The van der Waals surface area contributed by atoms with Gasteiger partial charge in [0, 0.05) is 13.5 Å². The molecule has 1 rings (SSSR count). The molecule has 0 aliphatic carbocycles. The molecule has 0 aromatic heterocycles. The molecular weight excluding hydrogens is 314 g/mol. The number of methoxy groups -OCH3 is 1. The zero-order chi connectivity index (χ0) is 18.1. The SMILES string of the molecule is COC(C(=O)NC(CCC(=O)C=[N+]=[N-])C(=O)O)c1ccc(C)cc1. The summed E-state index contributed by atoms with van der Waals surface area (Å²) in [5, 5.41) is 11.5. The first-order valence-corrected chi connectivity index (χ1v) is 7.21. The second-order valence-corrected chi connectivity index (χ2v) is 5.18. The van der Waals surface area contributed by atoms with E-state index < -0.39 is 29.8 Å². The first kappa shape index (κ1) is 19.2. The molecule has 0 spiro atoms. The zero-order valence-electron chi connectivity index (χ0n) is 13.4. The molecule has 2 unspecified atom stereocenters. The average Bonchev–Trinajstić information content (AvgIpc) is 2.53. The fourth-order valence-corrected chi connectivity index (χ4v) is 2.06. The Balaban J connectivity index is 2.78. The second kappa shape index (κ2) is 9.34. The summed E-state index contributed by atoms with van der Waals surface area (Å²) in [7, 11) is 1.35. The summed E-state index contributed by atoms with van der Waals surface area (Å²) in [5.41, 5.74) is 9.86. The summed E-state index contributed by atoms with van der Waals surface area (Å²) in [4.78, 5) is 37.4. The van der Waals surface area contributed by atoms with Crippen molar-refractivity contribution >= 4 is 23.9 Å². The average molecular weight is 333 g/mol. The van der Waals surface area contributed by atoms with E-state index in [0.29, 0.717) is 11.8 Å². The molecule has 1 amide bonds. The van der Waals surface area contributed by atoms with Crippen molar-refractivity contribution in [2.75, 3.05) is 7.11 Å². The molecule has 8 nitrogen and oxygen atoms in total. The molecule has 24 heavy (non-hydrogen) atoms. The van der Waals surface area contributed by atoms with Gasteiger partial charge in [0.2, 0.25) is 5.78 Å². The summed E-state index contributed by atoms with van der Waals surface area (Å²) in [6.45, 7) is 1.90. The largest absolute Gasteiger partial charge is 0.480 e. The molecule has 0 heterocycles. The Morgan fingerprint density at radius 2 is 1.96 bits per heavy atom. The van der Waals surface area contributed by atoms with Gasteiger partial charge in [0.15, 0.2) is 6.10 Å². The summed E-state index contributed by atoms with van der Waals surface area (Å²) in [6, 6.07) is 5.82. The van der Waals surface area contributed by atoms with Crippen molar-refractivity contribution in [1.82, 2.24) is 5.32 Å². The van der Waals surface area contributed by atoms with Crippen LogP contribution in [0.5, 0.6) is 0 Å². The highest BCUT2D eigenvalue weighted by molar-refractivity contribution is 6.25. The van der Waals surface area contributed by atoms with Crippen LogP contribution in [-0.2, 0) is 19.1 Å². The molecule has 2 N–H and O–H groups in total. The number of carboxylic acids is 1. The maximum Gasteiger partial charge on any atom is 0.326 e. The van der Waals surface area contributed by atoms with Crippen molar-refractivity contribution < 1.29 is 29.0 Å². The van der Waals surface area contributed by atoms with Gasteiger partial charge in [0.25, 0.3) is 5.91 Å². The zero-order valence-corrected chi connectivity index (χ0v) is 13.4. The van der Waals surface area contributed by atoms with Gasteiger partial charge >= 0.3 is 12.2 Å². The van der Waals surface area contributed by atoms with Gasteiger partial charge in [-0.1, -0.05) is 29.8 Å². The number of aliphatic carboxylic acids is 1. The standard InChI is InChI=1S/C16H19N3O5/c1-10-3-5-11(6-4-10)14(24-2)15(21)19-13(16(22)23)8-7-12(20)9-18-17/h3-6,9,13-14H,7-8H2,1-2H3,(H,19,21)(H,22,23). The third kappa shape index (κ3) is 5.75. The van der Waals surface area contributed by atoms with E-state index in [9.17, 15) is 19.5 Å². The Bertz CT molecular complexity index is 650. The molecule has 0 aliphatic rings. The van der Waals surface area contributed by atoms with Crippen LogP contribution in [0.25, 0.3) is 5.53 Å². The predicted octanol–water partition coefficient (Wildman–Crippen LogP) is 0.902. The number of carbonyl (C=O) groups is 3. The first-order valence-electron chi connectivity index (χ1n) is 7.21. The highest BCUT2D eigenvalue weighted by atomic mass is 16.5. The van der Waals surface area contributed by atoms with Gasteiger partial charge in [-0.2, -0.15) is 4.79 Å². The van der Waals surface area contributed by atoms with Crippen LogP contribution in [0.1, 0.15) is 30.1 Å². The highest BCUT2D eigenvalue weighted by Crippen LogP contribution is 2.18. The van der Waals surface area contributed by atoms with Crippen LogP contribution in [0.4, 0.5) is 0 Å². The lowest BCUT2D eigenvalue weighted by Crippen LogP contribution is -2.43. The van der Waals surface area contributed by atoms with E-state index in [-0.39, 0.29) is 12.8 Å². The Morgan fingerprint density at radius 3 is 2.46 bits per heavy atom. The predicted molar refractivity (Wildman–Crippen MR) is 84.4 cm³/mol. The highest BCUT2D eigenvalue weighted by Gasteiger charge is 2.26. The normalized spacial score (nSPS) is 12.6. The first-order chi connectivity index (χ1) is 11.4. The lowest BCUT2D eigenvalue weighted by atomic mass is 10.0. The lowest BCUT2D eigenvalue weighted by Gasteiger charge is -2.19. The number of carboxylic acid groups (broad SMARTS) is 1. The lowest BCUT2D eigenvalue weighted by molar-refractivity contribution is -0.144. The van der Waals surface area contributed by atoms with E-state index in [4.69, 9.17) is 10.3 Å². The molecule has 0 fully saturated rings. The Kier molecular flexibility index (Phi) is 7.48. The molecule has 8 heteroatoms. The van der Waals surface area contributed by atoms with Crippen LogP contribution in [0.3, 0.4) is 0 Å². The van der Waals surface area contributed by atoms with Crippen molar-refractivity contribution in [2.45, 2.75) is 31.9 Å². The molecule has 1 aromatic carbocycles. The van der Waals surface area contributed by atoms with Crippen LogP contribution >= 0.6 is 0 Å². The van der Waals surface area contributed by atoms with Gasteiger partial charge in [-0.15, -0.1) is 0 Å². The summed E-state index contributed by atoms with van der Waals surface area (Å²) >= 11 is 0. The minimum atomic E-state index is -1.27. The molecule has 0 radical (unpaired) electrons. The van der Waals surface area contributed by atoms with Crippen molar-refractivity contribution in [2.24, 2.45) is 0 Å². The van der Waals surface area contributed by atoms with Crippen LogP contribution in [0.2, 0.25) is 0 Å². The van der Waals surface area contributed by atoms with E-state index >= 15 is 0 Å². The van der Waals surface area contributed by atoms with Crippen molar-refractivity contribution in [3.05, 3.63) is 40.9 Å². The molecule has 0 aliphatic heterocycles. The van der Waals surface area contributed by atoms with Gasteiger partial charge in [-0.05, 0) is 18.9 Å². The number of benzene rings is 1. The number of Topliss-reactive ketones (excluding diaryl/α,β-unsaturated/α-hetero) is 1. The number of nitrogens with zero attached hydrogens (tertiary/aromatic N) is 2. The third-order valence-electron chi connectivity index (χ3n) is 3.35. The number of ketones is 1. The molecule has 0 saturated carbocycles. The van der Waals surface area contributed by atoms with Crippen LogP contribution in [-0.4, -0.2) is 46.9 Å². The topological polar surface area (TPSA) is 129 Å². The Labute approximate surface area is 139 Å². The van der Waals surface area contributed by atoms with Crippen molar-refractivity contribution in [3.63, 3.8) is 0 Å². The summed E-state index contributed by atoms with van der Waals surface area (Å²) in [6.07, 6.45) is -0.577. The Morgan fingerprint density at radius 1 is 1.33 bits per heavy atom. The molecule has 128 valence electrons. The van der Waals surface area contributed by atoms with E-state index in [2.05, 4.69) is 10.1 Å². The fraction of sp³-hybridized carbons (Fsp3) is 0.375. The molecule has 2 atom stereocenters. The smallest absolute Gasteiger partial charge is 0.326 e. The molecule has 1 aromatic rings. The Hall–Kier alpha value is -2.83. The second-order valence-electron chi connectivity index (χ2n) is 5.18. The van der Waals surface area contributed by atoms with E-state index in [1.54, 1.807) is 12.1 Å². The maximum atomic E-state index is 12.3. The monoisotopic (exact) mass is 333 g/mol. The summed E-state index contributed by atoms with van der Waals surface area (Å²) in [5.74, 6) is -2.42. The third-order valence-corrected chi connectivity index (χ3v) is 3.35. The quantitative estimate of drug-likeness (QED) is 0.394. The van der Waals surface area contributed by atoms with Gasteiger partial charge < -0.3 is 20.7 Å². The number of aryl methyl sites for hydroxylation is 1. The molecule has 0 saturated heterocycles. The van der Waals surface area contributed by atoms with Gasteiger partial charge in [0.1, 0.15) is 6.04 Å². The van der Waals surface area contributed by atoms with Crippen LogP contribution < -0.4 is 5.32 Å². The maximum absolute atomic E-state index is 12.3. The van der Waals surface area contributed by atoms with Crippen molar-refractivity contribution in [3.8, 4) is 0 Å². The fourth-order valence-electron chi connectivity index (χ4n) is 2.06. The number of rotatable bonds is 9. The number of nitrogens with one attached hydrogen (secondary N) is 1. The van der Waals surface area contributed by atoms with E-state index in [1.807, 2.05) is 19.1 Å². The van der Waals surface area contributed by atoms with Crippen LogP contribution in [0, 0.1) is 6.92 Å². The summed E-state index contributed by atoms with van der Waals surface area (Å²) < 4.78 is 5.16. The number of ether oxygens (including phenoxy) is 1. The number of hydrogen-bond donors (Lipinski definition) is 2. The number of hydrogen-bond acceptors (Lipinski definition) is 4. The van der Waals surface area contributed by atoms with E-state index in [1.165, 1.54) is 7.11 Å². The van der Waals surface area contributed by atoms with Gasteiger partial charge in [-0.3, -0.25) is 9.59 Å². The van der Waals surface area contributed by atoms with Gasteiger partial charge in [-0.25, -0.2) is 4.79 Å². The molecule has 0 bridgehead atoms. The number of amides is 1. The van der Waals surface area contributed by atoms with Crippen LogP contribution in [0.15, 0.2) is 24.3 Å². The number of carbonyl (C=O) groups excluding carboxylic acids is 2. The minimum Gasteiger partial charge on any atom is -0.480 e. The minimum absolute atomic E-state index is 0.129. The van der Waals surface area contributed by atoms with E-state index in [0.717, 1.165) is 5.56 Å². The van der Waals surface area contributed by atoms with Gasteiger partial charge in [0.05, 0.1) is 0 Å². The van der Waals surface area contributed by atoms with Crippen molar-refractivity contribution in [1.29, 1.82) is 0 Å².